The molecule has 2 aromatic rings. The molecule has 0 saturated heterocycles. The molecule has 3 nitrogen and oxygen atoms in total. The van der Waals surface area contributed by atoms with Gasteiger partial charge in [0.2, 0.25) is 9.84 Å². The molecule has 0 radical (unpaired) electrons. The van der Waals surface area contributed by atoms with Crippen LogP contribution in [0.15, 0.2) is 52.3 Å². The summed E-state index contributed by atoms with van der Waals surface area (Å²) >= 11 is 6.01. The second kappa shape index (κ2) is 3.48. The van der Waals surface area contributed by atoms with E-state index in [0.717, 1.165) is 0 Å². The fourth-order valence-electron chi connectivity index (χ4n) is 1.91. The first kappa shape index (κ1) is 10.6. The maximum Gasteiger partial charge on any atom is 0.210 e. The zero-order valence-electron chi connectivity index (χ0n) is 8.64. The maximum atomic E-state index is 12.3. The van der Waals surface area contributed by atoms with E-state index in [-0.39, 0.29) is 9.79 Å². The molecule has 5 heteroatoms. The molecular formula is C12H8ClNO2S. The third-order valence-electron chi connectivity index (χ3n) is 2.70. The quantitative estimate of drug-likeness (QED) is 0.679. The van der Waals surface area contributed by atoms with Gasteiger partial charge >= 0.3 is 0 Å². The molecule has 0 amide bonds. The molecule has 0 unspecified atom stereocenters. The molecule has 0 saturated carbocycles. The van der Waals surface area contributed by atoms with Crippen LogP contribution in [0, 0.1) is 0 Å². The van der Waals surface area contributed by atoms with Gasteiger partial charge in [-0.15, -0.1) is 0 Å². The molecule has 0 aromatic heterocycles. The summed E-state index contributed by atoms with van der Waals surface area (Å²) in [5.74, 6) is 0. The van der Waals surface area contributed by atoms with Crippen molar-refractivity contribution in [1.29, 1.82) is 0 Å². The summed E-state index contributed by atoms with van der Waals surface area (Å²) in [4.78, 5) is 0.512. The fourth-order valence-corrected chi connectivity index (χ4v) is 3.78. The molecule has 86 valence electrons. The Morgan fingerprint density at radius 2 is 1.65 bits per heavy atom. The van der Waals surface area contributed by atoms with Crippen LogP contribution in [0.4, 0.5) is 11.4 Å². The van der Waals surface area contributed by atoms with Gasteiger partial charge in [0.05, 0.1) is 26.2 Å². The minimum absolute atomic E-state index is 0.226. The molecule has 1 aliphatic heterocycles. The number of para-hydroxylation sites is 2. The van der Waals surface area contributed by atoms with E-state index < -0.39 is 9.84 Å². The summed E-state index contributed by atoms with van der Waals surface area (Å²) in [5, 5.41) is 3.46. The lowest BCUT2D eigenvalue weighted by atomic mass is 10.2. The summed E-state index contributed by atoms with van der Waals surface area (Å²) in [6.45, 7) is 0. The monoisotopic (exact) mass is 265 g/mol. The molecule has 17 heavy (non-hydrogen) atoms. The van der Waals surface area contributed by atoms with E-state index in [2.05, 4.69) is 5.32 Å². The van der Waals surface area contributed by atoms with Crippen LogP contribution in [0.2, 0.25) is 5.02 Å². The van der Waals surface area contributed by atoms with Gasteiger partial charge in [0, 0.05) is 0 Å². The fraction of sp³-hybridized carbons (Fsp3) is 0. The Bertz CT molecular complexity index is 710. The van der Waals surface area contributed by atoms with E-state index in [1.165, 1.54) is 0 Å². The largest absolute Gasteiger partial charge is 0.352 e. The predicted molar refractivity (Wildman–Crippen MR) is 66.6 cm³/mol. The number of sulfone groups is 1. The first-order valence-corrected chi connectivity index (χ1v) is 6.86. The zero-order valence-corrected chi connectivity index (χ0v) is 10.2. The molecule has 3 rings (SSSR count). The van der Waals surface area contributed by atoms with Crippen molar-refractivity contribution < 1.29 is 8.42 Å². The van der Waals surface area contributed by atoms with Crippen molar-refractivity contribution in [2.24, 2.45) is 0 Å². The van der Waals surface area contributed by atoms with Crippen molar-refractivity contribution in [3.8, 4) is 0 Å². The molecule has 1 heterocycles. The van der Waals surface area contributed by atoms with Gasteiger partial charge < -0.3 is 5.32 Å². The summed E-state index contributed by atoms with van der Waals surface area (Å²) in [5.41, 5.74) is 1.01. The molecule has 1 aliphatic rings. The van der Waals surface area contributed by atoms with Crippen LogP contribution in [0.5, 0.6) is 0 Å². The Morgan fingerprint density at radius 1 is 0.941 bits per heavy atom. The first-order valence-electron chi connectivity index (χ1n) is 5.00. The van der Waals surface area contributed by atoms with E-state index >= 15 is 0 Å². The van der Waals surface area contributed by atoms with Crippen LogP contribution < -0.4 is 5.32 Å². The molecular weight excluding hydrogens is 258 g/mol. The van der Waals surface area contributed by atoms with Gasteiger partial charge in [-0.3, -0.25) is 0 Å². The lowest BCUT2D eigenvalue weighted by Gasteiger charge is -2.21. The van der Waals surface area contributed by atoms with Gasteiger partial charge in [0.1, 0.15) is 0 Å². The second-order valence-electron chi connectivity index (χ2n) is 3.74. The Labute approximate surface area is 104 Å². The number of benzene rings is 2. The van der Waals surface area contributed by atoms with Crippen molar-refractivity contribution in [1.82, 2.24) is 0 Å². The van der Waals surface area contributed by atoms with E-state index in [9.17, 15) is 8.42 Å². The normalized spacial score (nSPS) is 15.6. The first-order chi connectivity index (χ1) is 8.10. The number of fused-ring (bicyclic) bond motifs is 2. The van der Waals surface area contributed by atoms with E-state index in [4.69, 9.17) is 11.6 Å². The van der Waals surface area contributed by atoms with E-state index in [1.807, 2.05) is 0 Å². The molecule has 0 spiro atoms. The van der Waals surface area contributed by atoms with Crippen LogP contribution in [0.3, 0.4) is 0 Å². The number of halogens is 1. The standard InChI is InChI=1S/C12H8ClNO2S/c13-8-4-3-7-11-12(8)14-9-5-1-2-6-10(9)17(11,15)16/h1-7,14H. The zero-order chi connectivity index (χ0) is 12.0. The third kappa shape index (κ3) is 1.45. The van der Waals surface area contributed by atoms with Gasteiger partial charge in [-0.1, -0.05) is 29.8 Å². The maximum absolute atomic E-state index is 12.3. The van der Waals surface area contributed by atoms with E-state index in [1.54, 1.807) is 42.5 Å². The molecule has 0 bridgehead atoms. The molecule has 0 aliphatic carbocycles. The van der Waals surface area contributed by atoms with Crippen LogP contribution in [-0.4, -0.2) is 8.42 Å². The van der Waals surface area contributed by atoms with E-state index in [0.29, 0.717) is 16.4 Å². The van der Waals surface area contributed by atoms with Crippen molar-refractivity contribution >= 4 is 32.8 Å². The number of hydrogen-bond donors (Lipinski definition) is 1. The summed E-state index contributed by atoms with van der Waals surface area (Å²) < 4.78 is 24.7. The van der Waals surface area contributed by atoms with Crippen molar-refractivity contribution in [2.75, 3.05) is 5.32 Å². The average molecular weight is 266 g/mol. The Kier molecular flexibility index (Phi) is 2.18. The predicted octanol–water partition coefficient (Wildman–Crippen LogP) is 3.23. The van der Waals surface area contributed by atoms with Gasteiger partial charge in [-0.25, -0.2) is 8.42 Å². The van der Waals surface area contributed by atoms with Crippen molar-refractivity contribution in [2.45, 2.75) is 9.79 Å². The SMILES string of the molecule is O=S1(=O)c2ccccc2Nc2c(Cl)cccc21. The highest BCUT2D eigenvalue weighted by Gasteiger charge is 2.29. The minimum Gasteiger partial charge on any atom is -0.352 e. The number of hydrogen-bond acceptors (Lipinski definition) is 3. The van der Waals surface area contributed by atoms with Crippen molar-refractivity contribution in [3.05, 3.63) is 47.5 Å². The van der Waals surface area contributed by atoms with Crippen LogP contribution in [0.1, 0.15) is 0 Å². The number of anilines is 2. The molecule has 0 fully saturated rings. The van der Waals surface area contributed by atoms with Gasteiger partial charge in [-0.2, -0.15) is 0 Å². The Balaban J connectivity index is 2.39. The Morgan fingerprint density at radius 3 is 2.47 bits per heavy atom. The second-order valence-corrected chi connectivity index (χ2v) is 6.03. The lowest BCUT2D eigenvalue weighted by Crippen LogP contribution is -2.13. The van der Waals surface area contributed by atoms with Crippen LogP contribution >= 0.6 is 11.6 Å². The van der Waals surface area contributed by atoms with Crippen LogP contribution in [0.25, 0.3) is 0 Å². The minimum atomic E-state index is -3.47. The van der Waals surface area contributed by atoms with Crippen LogP contribution in [-0.2, 0) is 9.84 Å². The molecule has 2 aromatic carbocycles. The number of rotatable bonds is 0. The number of nitrogens with one attached hydrogen (secondary N) is 1. The highest BCUT2D eigenvalue weighted by molar-refractivity contribution is 7.92. The van der Waals surface area contributed by atoms with Crippen molar-refractivity contribution in [3.63, 3.8) is 0 Å². The highest BCUT2D eigenvalue weighted by Crippen LogP contribution is 2.42. The summed E-state index contributed by atoms with van der Waals surface area (Å²) in [6.07, 6.45) is 0. The highest BCUT2D eigenvalue weighted by atomic mass is 35.5. The molecule has 1 N–H and O–H groups in total. The third-order valence-corrected chi connectivity index (χ3v) is 4.87. The summed E-state index contributed by atoms with van der Waals surface area (Å²) in [6, 6.07) is 11.6. The average Bonchev–Trinajstić information content (AvgIpc) is 2.31. The lowest BCUT2D eigenvalue weighted by molar-refractivity contribution is 0.596. The smallest absolute Gasteiger partial charge is 0.210 e. The van der Waals surface area contributed by atoms with Gasteiger partial charge in [0.25, 0.3) is 0 Å². The molecule has 0 atom stereocenters. The Hall–Kier alpha value is -1.52. The van der Waals surface area contributed by atoms with Gasteiger partial charge in [0.15, 0.2) is 0 Å². The summed E-state index contributed by atoms with van der Waals surface area (Å²) in [7, 11) is -3.47. The topological polar surface area (TPSA) is 46.2 Å². The van der Waals surface area contributed by atoms with Gasteiger partial charge in [-0.05, 0) is 24.3 Å².